The number of benzene rings is 1. The average molecular weight is 300 g/mol. The van der Waals surface area contributed by atoms with Crippen molar-refractivity contribution >= 4 is 34.0 Å². The second-order valence-corrected chi connectivity index (χ2v) is 6.01. The molecule has 0 saturated carbocycles. The molecule has 4 nitrogen and oxygen atoms in total. The van der Waals surface area contributed by atoms with Crippen molar-refractivity contribution < 1.29 is 0 Å². The van der Waals surface area contributed by atoms with E-state index in [9.17, 15) is 4.79 Å². The molecule has 0 radical (unpaired) electrons. The zero-order valence-electron chi connectivity index (χ0n) is 10.8. The van der Waals surface area contributed by atoms with Gasteiger partial charge in [0.15, 0.2) is 0 Å². The molecular formula is C13H18ClN3OS. The van der Waals surface area contributed by atoms with Crippen LogP contribution in [0, 0.1) is 0 Å². The van der Waals surface area contributed by atoms with Gasteiger partial charge in [-0.15, -0.1) is 12.4 Å². The summed E-state index contributed by atoms with van der Waals surface area (Å²) in [5.74, 6) is 0. The number of thiazole rings is 1. The number of fused-ring (bicyclic) bond motifs is 1. The van der Waals surface area contributed by atoms with Gasteiger partial charge in [-0.2, -0.15) is 0 Å². The van der Waals surface area contributed by atoms with Gasteiger partial charge in [0.25, 0.3) is 0 Å². The number of aryl methyl sites for hydroxylation is 1. The van der Waals surface area contributed by atoms with Crippen LogP contribution in [0.5, 0.6) is 0 Å². The Morgan fingerprint density at radius 1 is 1.47 bits per heavy atom. The Bertz CT molecular complexity index is 636. The number of halogens is 1. The first-order valence-corrected chi connectivity index (χ1v) is 7.01. The number of hydrogen-bond acceptors (Lipinski definition) is 4. The van der Waals surface area contributed by atoms with E-state index in [4.69, 9.17) is 5.73 Å². The fourth-order valence-corrected chi connectivity index (χ4v) is 3.48. The van der Waals surface area contributed by atoms with Crippen molar-refractivity contribution in [2.45, 2.75) is 19.0 Å². The average Bonchev–Trinajstić information content (AvgIpc) is 2.85. The van der Waals surface area contributed by atoms with Crippen molar-refractivity contribution in [3.8, 4) is 0 Å². The van der Waals surface area contributed by atoms with E-state index in [2.05, 4.69) is 17.0 Å². The smallest absolute Gasteiger partial charge is 0.307 e. The van der Waals surface area contributed by atoms with E-state index < -0.39 is 0 Å². The summed E-state index contributed by atoms with van der Waals surface area (Å²) in [6, 6.07) is 6.60. The van der Waals surface area contributed by atoms with Crippen LogP contribution in [-0.4, -0.2) is 28.6 Å². The lowest BCUT2D eigenvalue weighted by Crippen LogP contribution is -2.26. The Morgan fingerprint density at radius 3 is 2.95 bits per heavy atom. The van der Waals surface area contributed by atoms with Crippen molar-refractivity contribution in [1.29, 1.82) is 0 Å². The van der Waals surface area contributed by atoms with E-state index in [-0.39, 0.29) is 17.3 Å². The fourth-order valence-electron chi connectivity index (χ4n) is 2.54. The Labute approximate surface area is 122 Å². The summed E-state index contributed by atoms with van der Waals surface area (Å²) in [6.07, 6.45) is 1.08. The minimum absolute atomic E-state index is 0. The zero-order valence-corrected chi connectivity index (χ0v) is 12.5. The first-order chi connectivity index (χ1) is 8.63. The van der Waals surface area contributed by atoms with Crippen molar-refractivity contribution in [2.24, 2.45) is 12.8 Å². The third-order valence-corrected chi connectivity index (χ3v) is 4.57. The third-order valence-electron chi connectivity index (χ3n) is 3.57. The predicted octanol–water partition coefficient (Wildman–Crippen LogP) is 1.55. The molecule has 2 heterocycles. The van der Waals surface area contributed by atoms with Gasteiger partial charge in [0.2, 0.25) is 0 Å². The molecule has 2 N–H and O–H groups in total. The maximum absolute atomic E-state index is 11.6. The van der Waals surface area contributed by atoms with Crippen molar-refractivity contribution in [3.63, 3.8) is 0 Å². The molecule has 1 atom stereocenters. The third kappa shape index (κ3) is 2.84. The van der Waals surface area contributed by atoms with Crippen LogP contribution in [0.15, 0.2) is 23.0 Å². The van der Waals surface area contributed by atoms with Gasteiger partial charge >= 0.3 is 4.87 Å². The van der Waals surface area contributed by atoms with Gasteiger partial charge in [-0.05, 0) is 24.1 Å². The molecule has 1 aliphatic heterocycles. The summed E-state index contributed by atoms with van der Waals surface area (Å²) in [5.41, 5.74) is 8.19. The highest BCUT2D eigenvalue weighted by molar-refractivity contribution is 7.16. The van der Waals surface area contributed by atoms with E-state index in [1.807, 2.05) is 13.1 Å². The largest absolute Gasteiger partial charge is 0.326 e. The molecular weight excluding hydrogens is 282 g/mol. The lowest BCUT2D eigenvalue weighted by Gasteiger charge is -2.15. The van der Waals surface area contributed by atoms with E-state index in [0.29, 0.717) is 6.04 Å². The summed E-state index contributed by atoms with van der Waals surface area (Å²) in [5, 5.41) is 0. The van der Waals surface area contributed by atoms with Gasteiger partial charge in [-0.1, -0.05) is 17.4 Å². The monoisotopic (exact) mass is 299 g/mol. The lowest BCUT2D eigenvalue weighted by atomic mass is 10.2. The zero-order chi connectivity index (χ0) is 12.7. The predicted molar refractivity (Wildman–Crippen MR) is 82.2 cm³/mol. The maximum atomic E-state index is 11.6. The van der Waals surface area contributed by atoms with Crippen LogP contribution in [0.3, 0.4) is 0 Å². The molecule has 3 rings (SSSR count). The first kappa shape index (κ1) is 14.5. The molecule has 2 aromatic rings. The molecule has 104 valence electrons. The normalized spacial score (nSPS) is 19.8. The molecule has 1 fully saturated rings. The van der Waals surface area contributed by atoms with Crippen LogP contribution in [-0.2, 0) is 13.6 Å². The molecule has 1 aromatic carbocycles. The molecule has 0 aliphatic carbocycles. The molecule has 0 spiro atoms. The second-order valence-electron chi connectivity index (χ2n) is 5.01. The molecule has 0 unspecified atom stereocenters. The molecule has 19 heavy (non-hydrogen) atoms. The Kier molecular flexibility index (Phi) is 4.30. The number of hydrogen-bond donors (Lipinski definition) is 1. The van der Waals surface area contributed by atoms with E-state index in [0.717, 1.165) is 36.3 Å². The summed E-state index contributed by atoms with van der Waals surface area (Å²) in [4.78, 5) is 14.1. The SMILES string of the molecule is Cl.Cn1c(=O)sc2cc(CN3CC[C@@H](N)C3)ccc21. The number of rotatable bonds is 2. The Hall–Kier alpha value is -0.880. The number of likely N-dealkylation sites (tertiary alicyclic amines) is 1. The summed E-state index contributed by atoms with van der Waals surface area (Å²) >= 11 is 1.32. The van der Waals surface area contributed by atoms with Gasteiger partial charge in [0.1, 0.15) is 0 Å². The van der Waals surface area contributed by atoms with Crippen LogP contribution in [0.25, 0.3) is 10.2 Å². The fraction of sp³-hybridized carbons (Fsp3) is 0.462. The molecule has 1 aliphatic rings. The van der Waals surface area contributed by atoms with Crippen LogP contribution in [0.1, 0.15) is 12.0 Å². The highest BCUT2D eigenvalue weighted by Crippen LogP contribution is 2.20. The topological polar surface area (TPSA) is 51.3 Å². The number of nitrogens with zero attached hydrogens (tertiary/aromatic N) is 2. The van der Waals surface area contributed by atoms with Gasteiger partial charge in [-0.25, -0.2) is 0 Å². The van der Waals surface area contributed by atoms with E-state index >= 15 is 0 Å². The number of nitrogens with two attached hydrogens (primary N) is 1. The number of aromatic nitrogens is 1. The molecule has 0 amide bonds. The minimum Gasteiger partial charge on any atom is -0.326 e. The van der Waals surface area contributed by atoms with Crippen LogP contribution >= 0.6 is 23.7 Å². The second kappa shape index (κ2) is 5.63. The van der Waals surface area contributed by atoms with Crippen molar-refractivity contribution in [1.82, 2.24) is 9.47 Å². The van der Waals surface area contributed by atoms with Gasteiger partial charge < -0.3 is 10.3 Å². The van der Waals surface area contributed by atoms with E-state index in [1.165, 1.54) is 16.9 Å². The standard InChI is InChI=1S/C13H17N3OS.ClH/c1-15-11-3-2-9(6-12(11)18-13(15)17)7-16-5-4-10(14)8-16;/h2-3,6,10H,4-5,7-8,14H2,1H3;1H/t10-;/m1./s1. The lowest BCUT2D eigenvalue weighted by molar-refractivity contribution is 0.327. The van der Waals surface area contributed by atoms with E-state index in [1.54, 1.807) is 4.57 Å². The summed E-state index contributed by atoms with van der Waals surface area (Å²) in [7, 11) is 1.82. The quantitative estimate of drug-likeness (QED) is 0.915. The first-order valence-electron chi connectivity index (χ1n) is 6.20. The van der Waals surface area contributed by atoms with Crippen LogP contribution < -0.4 is 10.6 Å². The van der Waals surface area contributed by atoms with Crippen LogP contribution in [0.2, 0.25) is 0 Å². The minimum atomic E-state index is 0. The Morgan fingerprint density at radius 2 is 2.26 bits per heavy atom. The molecule has 1 saturated heterocycles. The molecule has 0 bridgehead atoms. The van der Waals surface area contributed by atoms with Crippen molar-refractivity contribution in [2.75, 3.05) is 13.1 Å². The summed E-state index contributed by atoms with van der Waals surface area (Å²) < 4.78 is 2.78. The summed E-state index contributed by atoms with van der Waals surface area (Å²) in [6.45, 7) is 2.98. The Balaban J connectivity index is 0.00000133. The van der Waals surface area contributed by atoms with Gasteiger partial charge in [0.05, 0.1) is 10.2 Å². The van der Waals surface area contributed by atoms with Crippen LogP contribution in [0.4, 0.5) is 0 Å². The van der Waals surface area contributed by atoms with Crippen molar-refractivity contribution in [3.05, 3.63) is 33.4 Å². The maximum Gasteiger partial charge on any atom is 0.307 e. The highest BCUT2D eigenvalue weighted by atomic mass is 35.5. The molecule has 6 heteroatoms. The highest BCUT2D eigenvalue weighted by Gasteiger charge is 2.19. The molecule has 1 aromatic heterocycles. The van der Waals surface area contributed by atoms with Gasteiger partial charge in [0, 0.05) is 32.7 Å². The van der Waals surface area contributed by atoms with Gasteiger partial charge in [-0.3, -0.25) is 9.69 Å².